The van der Waals surface area contributed by atoms with Gasteiger partial charge in [0, 0.05) is 13.4 Å². The van der Waals surface area contributed by atoms with Gasteiger partial charge >= 0.3 is 0 Å². The Bertz CT molecular complexity index is 674. The Kier molecular flexibility index (Phi) is 7.86. The summed E-state index contributed by atoms with van der Waals surface area (Å²) in [6.07, 6.45) is 20.3. The number of rotatable bonds is 8. The smallest absolute Gasteiger partial charge is 0.00874 e. The quantitative estimate of drug-likeness (QED) is 0.323. The zero-order valence-electron chi connectivity index (χ0n) is 22.6. The monoisotopic (exact) mass is 462 g/mol. The third-order valence-corrected chi connectivity index (χ3v) is 12.8. The molecule has 4 aliphatic carbocycles. The van der Waals surface area contributed by atoms with Gasteiger partial charge in [-0.25, -0.2) is 0 Å². The lowest BCUT2D eigenvalue weighted by molar-refractivity contribution is -0.0497. The second-order valence-corrected chi connectivity index (χ2v) is 15.3. The fraction of sp³-hybridized carbons (Fsp3) is 0.935. The topological polar surface area (TPSA) is 0 Å². The molecule has 0 aromatic rings. The van der Waals surface area contributed by atoms with E-state index in [0.29, 0.717) is 10.8 Å². The van der Waals surface area contributed by atoms with Crippen LogP contribution in [0.4, 0.5) is 0 Å². The number of hydrogen-bond acceptors (Lipinski definition) is 1. The second kappa shape index (κ2) is 9.99. The first-order chi connectivity index (χ1) is 15.2. The lowest BCUT2D eigenvalue weighted by Crippen LogP contribution is -2.50. The van der Waals surface area contributed by atoms with E-state index >= 15 is 0 Å². The van der Waals surface area contributed by atoms with Crippen LogP contribution in [0, 0.1) is 46.3 Å². The molecule has 0 aliphatic heterocycles. The Hall–Kier alpha value is 0.0900. The van der Waals surface area contributed by atoms with E-state index in [9.17, 15) is 0 Å². The Labute approximate surface area is 208 Å². The van der Waals surface area contributed by atoms with Crippen molar-refractivity contribution in [1.82, 2.24) is 0 Å². The number of thioether (sulfide) groups is 1. The van der Waals surface area contributed by atoms with Crippen LogP contribution in [0.3, 0.4) is 0 Å². The van der Waals surface area contributed by atoms with Crippen molar-refractivity contribution >= 4 is 11.8 Å². The maximum Gasteiger partial charge on any atom is 0.00874 e. The summed E-state index contributed by atoms with van der Waals surface area (Å²) in [5, 5.41) is 1.71. The highest BCUT2D eigenvalue weighted by molar-refractivity contribution is 8.00. The van der Waals surface area contributed by atoms with Crippen LogP contribution in [-0.2, 0) is 0 Å². The van der Waals surface area contributed by atoms with Crippen LogP contribution >= 0.6 is 11.8 Å². The largest absolute Gasteiger partial charge is 0.155 e. The summed E-state index contributed by atoms with van der Waals surface area (Å²) in [5.74, 6) is 5.74. The van der Waals surface area contributed by atoms with Gasteiger partial charge in [0.15, 0.2) is 0 Å². The summed E-state index contributed by atoms with van der Waals surface area (Å²) in [6.45, 7) is 17.6. The molecule has 0 aromatic carbocycles. The van der Waals surface area contributed by atoms with Crippen LogP contribution in [0.15, 0.2) is 11.6 Å². The van der Waals surface area contributed by atoms with E-state index in [1.165, 1.54) is 77.0 Å². The molecule has 9 atom stereocenters. The predicted octanol–water partition coefficient (Wildman–Crippen LogP) is 10.4. The van der Waals surface area contributed by atoms with E-state index in [0.717, 1.165) is 46.0 Å². The third kappa shape index (κ3) is 4.64. The van der Waals surface area contributed by atoms with Gasteiger partial charge in [0.25, 0.3) is 0 Å². The fourth-order valence-electron chi connectivity index (χ4n) is 9.19. The molecule has 0 bridgehead atoms. The second-order valence-electron chi connectivity index (χ2n) is 13.5. The molecule has 0 saturated heterocycles. The molecule has 4 aliphatic rings. The van der Waals surface area contributed by atoms with Crippen molar-refractivity contribution in [2.75, 3.05) is 0 Å². The molecular weight excluding hydrogens is 404 g/mol. The normalized spacial score (nSPS) is 43.2. The molecule has 0 N–H and O–H groups in total. The minimum absolute atomic E-state index is 0. The van der Waals surface area contributed by atoms with Crippen LogP contribution in [0.2, 0.25) is 0 Å². The van der Waals surface area contributed by atoms with Crippen molar-refractivity contribution in [3.05, 3.63) is 11.6 Å². The van der Waals surface area contributed by atoms with Gasteiger partial charge in [-0.2, -0.15) is 11.8 Å². The molecule has 0 amide bonds. The van der Waals surface area contributed by atoms with Crippen LogP contribution in [-0.4, -0.2) is 10.5 Å². The highest BCUT2D eigenvalue weighted by atomic mass is 32.2. The summed E-state index contributed by atoms with van der Waals surface area (Å²) in [7, 11) is 0. The van der Waals surface area contributed by atoms with Crippen molar-refractivity contribution in [2.45, 2.75) is 136 Å². The van der Waals surface area contributed by atoms with Gasteiger partial charge in [-0.3, -0.25) is 0 Å². The van der Waals surface area contributed by atoms with Gasteiger partial charge in [0.1, 0.15) is 0 Å². The average Bonchev–Trinajstić information content (AvgIpc) is 3.11. The van der Waals surface area contributed by atoms with Crippen LogP contribution in [0.5, 0.6) is 0 Å². The Morgan fingerprint density at radius 1 is 1.00 bits per heavy atom. The molecule has 3 saturated carbocycles. The Morgan fingerprint density at radius 2 is 1.78 bits per heavy atom. The molecule has 0 aromatic heterocycles. The van der Waals surface area contributed by atoms with Crippen LogP contribution in [0.25, 0.3) is 0 Å². The molecule has 0 spiro atoms. The summed E-state index contributed by atoms with van der Waals surface area (Å²) in [5.41, 5.74) is 3.03. The SMILES string of the molecule is CCC(C)S[C@H]1CC[C@@]2(C)C(=CC[C@@H]3C2CC[C@@]2(C)C3CC[C@@H]2[C@H](C)CCCC(C)C)C1.[HH].[HH]. The van der Waals surface area contributed by atoms with Crippen molar-refractivity contribution in [1.29, 1.82) is 0 Å². The summed E-state index contributed by atoms with van der Waals surface area (Å²) in [4.78, 5) is 0. The number of fused-ring (bicyclic) bond motifs is 5. The maximum absolute atomic E-state index is 2.79. The van der Waals surface area contributed by atoms with Crippen LogP contribution < -0.4 is 0 Å². The summed E-state index contributed by atoms with van der Waals surface area (Å²) < 4.78 is 0. The fourth-order valence-corrected chi connectivity index (χ4v) is 10.6. The first kappa shape index (κ1) is 25.2. The van der Waals surface area contributed by atoms with Gasteiger partial charge in [0.2, 0.25) is 0 Å². The molecule has 3 fully saturated rings. The maximum atomic E-state index is 2.79. The lowest BCUT2D eigenvalue weighted by Gasteiger charge is -2.58. The molecule has 0 heterocycles. The zero-order chi connectivity index (χ0) is 23.1. The minimum atomic E-state index is 0. The van der Waals surface area contributed by atoms with Crippen molar-refractivity contribution < 1.29 is 2.85 Å². The standard InChI is InChI=1S/C31H54S.2H2/c1-8-23(5)32-25-16-18-30(6)24(20-25)12-13-26-28-15-14-27(22(4)11-9-10-21(2)3)31(28,7)19-17-29(26)30;;/h12,21-23,25-29H,8-11,13-20H2,1-7H3;2*1H/t22-,23?,25+,26+,27-,28?,29?,30+,31-;;/m1../s1. The van der Waals surface area contributed by atoms with E-state index in [-0.39, 0.29) is 2.85 Å². The van der Waals surface area contributed by atoms with Gasteiger partial charge in [-0.1, -0.05) is 79.4 Å². The Balaban J connectivity index is 0.00000204. The van der Waals surface area contributed by atoms with E-state index in [1.807, 2.05) is 5.57 Å². The molecule has 4 rings (SSSR count). The van der Waals surface area contributed by atoms with Gasteiger partial charge in [0.05, 0.1) is 0 Å². The molecule has 188 valence electrons. The number of allylic oxidation sites excluding steroid dienone is 2. The predicted molar refractivity (Wildman–Crippen MR) is 148 cm³/mol. The molecule has 1 heteroatoms. The van der Waals surface area contributed by atoms with Gasteiger partial charge in [-0.15, -0.1) is 0 Å². The van der Waals surface area contributed by atoms with Crippen molar-refractivity contribution in [3.8, 4) is 0 Å². The molecular formula is C31H58S. The van der Waals surface area contributed by atoms with E-state index in [1.54, 1.807) is 0 Å². The van der Waals surface area contributed by atoms with Crippen molar-refractivity contribution in [3.63, 3.8) is 0 Å². The molecule has 0 radical (unpaired) electrons. The lowest BCUT2D eigenvalue weighted by atomic mass is 9.47. The first-order valence-electron chi connectivity index (χ1n) is 14.5. The first-order valence-corrected chi connectivity index (χ1v) is 15.5. The molecule has 3 unspecified atom stereocenters. The Morgan fingerprint density at radius 3 is 2.50 bits per heavy atom. The van der Waals surface area contributed by atoms with Crippen LogP contribution in [0.1, 0.15) is 128 Å². The highest BCUT2D eigenvalue weighted by Crippen LogP contribution is 2.67. The van der Waals surface area contributed by atoms with Crippen molar-refractivity contribution in [2.24, 2.45) is 46.3 Å². The van der Waals surface area contributed by atoms with E-state index in [4.69, 9.17) is 0 Å². The molecule has 0 nitrogen and oxygen atoms in total. The summed E-state index contributed by atoms with van der Waals surface area (Å²) >= 11 is 2.29. The third-order valence-electron chi connectivity index (χ3n) is 11.3. The van der Waals surface area contributed by atoms with Gasteiger partial charge < -0.3 is 0 Å². The minimum Gasteiger partial charge on any atom is -0.155 e. The zero-order valence-corrected chi connectivity index (χ0v) is 23.4. The highest BCUT2D eigenvalue weighted by Gasteiger charge is 2.59. The molecule has 32 heavy (non-hydrogen) atoms. The van der Waals surface area contributed by atoms with E-state index in [2.05, 4.69) is 66.3 Å². The average molecular weight is 463 g/mol. The van der Waals surface area contributed by atoms with Gasteiger partial charge in [-0.05, 0) is 104 Å². The summed E-state index contributed by atoms with van der Waals surface area (Å²) in [6, 6.07) is 0. The van der Waals surface area contributed by atoms with E-state index < -0.39 is 0 Å². The number of hydrogen-bond donors (Lipinski definition) is 0.